The third kappa shape index (κ3) is 4.57. The molecule has 0 unspecified atom stereocenters. The van der Waals surface area contributed by atoms with Gasteiger partial charge in [0.15, 0.2) is 11.5 Å². The summed E-state index contributed by atoms with van der Waals surface area (Å²) in [6.07, 6.45) is -3.36. The number of carbonyl (C=O) groups excluding carboxylic acids is 3. The second-order valence-electron chi connectivity index (χ2n) is 5.94. The first-order valence-corrected chi connectivity index (χ1v) is 9.02. The van der Waals surface area contributed by atoms with E-state index in [9.17, 15) is 27.6 Å². The smallest absolute Gasteiger partial charge is 0.420 e. The van der Waals surface area contributed by atoms with Gasteiger partial charge >= 0.3 is 6.18 Å². The summed E-state index contributed by atoms with van der Waals surface area (Å²) >= 11 is 0.724. The number of benzene rings is 2. The van der Waals surface area contributed by atoms with Gasteiger partial charge < -0.3 is 15.2 Å². The van der Waals surface area contributed by atoms with Crippen LogP contribution in [0, 0.1) is 0 Å². The third-order valence-electron chi connectivity index (χ3n) is 3.92. The van der Waals surface area contributed by atoms with Gasteiger partial charge in [0.25, 0.3) is 11.1 Å². The monoisotopic (exact) mass is 438 g/mol. The molecule has 0 aliphatic carbocycles. The highest BCUT2D eigenvalue weighted by Crippen LogP contribution is 2.41. The molecule has 11 heteroatoms. The van der Waals surface area contributed by atoms with Crippen LogP contribution in [-0.4, -0.2) is 24.2 Å². The number of methoxy groups -OCH3 is 1. The molecule has 2 aromatic rings. The summed E-state index contributed by atoms with van der Waals surface area (Å²) in [6.45, 7) is 0. The fourth-order valence-corrected chi connectivity index (χ4v) is 3.23. The van der Waals surface area contributed by atoms with Crippen LogP contribution in [0.3, 0.4) is 0 Å². The molecule has 0 spiro atoms. The number of nitrogens with two attached hydrogens (primary N) is 1. The maximum atomic E-state index is 13.4. The van der Waals surface area contributed by atoms with Crippen LogP contribution in [0.5, 0.6) is 17.2 Å². The van der Waals surface area contributed by atoms with Crippen LogP contribution in [0.1, 0.15) is 21.5 Å². The van der Waals surface area contributed by atoms with Gasteiger partial charge in [0.05, 0.1) is 17.6 Å². The Hall–Kier alpha value is -3.47. The highest BCUT2D eigenvalue weighted by molar-refractivity contribution is 8.18. The molecule has 7 nitrogen and oxygen atoms in total. The maximum Gasteiger partial charge on any atom is 0.420 e. The molecule has 2 aromatic carbocycles. The average molecular weight is 438 g/mol. The highest BCUT2D eigenvalue weighted by atomic mass is 32.2. The van der Waals surface area contributed by atoms with E-state index in [2.05, 4.69) is 5.32 Å². The van der Waals surface area contributed by atoms with E-state index in [1.165, 1.54) is 31.4 Å². The van der Waals surface area contributed by atoms with Crippen molar-refractivity contribution in [3.63, 3.8) is 0 Å². The molecule has 0 bridgehead atoms. The van der Waals surface area contributed by atoms with Gasteiger partial charge in [-0.1, -0.05) is 6.07 Å². The number of thioether (sulfide) groups is 1. The molecule has 30 heavy (non-hydrogen) atoms. The van der Waals surface area contributed by atoms with Crippen LogP contribution < -0.4 is 20.5 Å². The third-order valence-corrected chi connectivity index (χ3v) is 4.73. The van der Waals surface area contributed by atoms with Crippen molar-refractivity contribution in [3.8, 4) is 17.2 Å². The predicted octanol–water partition coefficient (Wildman–Crippen LogP) is 3.93. The number of imide groups is 1. The summed E-state index contributed by atoms with van der Waals surface area (Å²) in [5.41, 5.74) is 4.03. The standard InChI is InChI=1S/C19H13F3N2O5S/c1-28-14-6-9(7-15-17(26)24-18(27)30-15)2-4-13(14)29-12-5-3-10(16(23)25)8-11(12)19(20,21)22/h2-8H,1H3,(H2,23,25)(H,24,26,27)/b15-7-. The molecule has 3 rings (SSSR count). The predicted molar refractivity (Wildman–Crippen MR) is 102 cm³/mol. The van der Waals surface area contributed by atoms with E-state index in [0.29, 0.717) is 11.6 Å². The fraction of sp³-hybridized carbons (Fsp3) is 0.105. The Morgan fingerprint density at radius 1 is 1.10 bits per heavy atom. The van der Waals surface area contributed by atoms with Gasteiger partial charge in [-0.2, -0.15) is 13.2 Å². The van der Waals surface area contributed by atoms with Gasteiger partial charge in [-0.3, -0.25) is 19.7 Å². The summed E-state index contributed by atoms with van der Waals surface area (Å²) in [4.78, 5) is 34.3. The Balaban J connectivity index is 1.96. The van der Waals surface area contributed by atoms with Gasteiger partial charge in [0.2, 0.25) is 5.91 Å². The number of rotatable bonds is 5. The molecule has 1 aliphatic rings. The molecular formula is C19H13F3N2O5S. The zero-order valence-corrected chi connectivity index (χ0v) is 16.0. The van der Waals surface area contributed by atoms with Crippen LogP contribution in [0.4, 0.5) is 18.0 Å². The molecule has 1 fully saturated rings. The second kappa shape index (κ2) is 8.11. The number of carbonyl (C=O) groups is 3. The van der Waals surface area contributed by atoms with Crippen molar-refractivity contribution in [2.45, 2.75) is 6.18 Å². The largest absolute Gasteiger partial charge is 0.493 e. The summed E-state index contributed by atoms with van der Waals surface area (Å²) in [6, 6.07) is 6.98. The van der Waals surface area contributed by atoms with Crippen molar-refractivity contribution in [1.82, 2.24) is 5.32 Å². The summed E-state index contributed by atoms with van der Waals surface area (Å²) in [7, 11) is 1.29. The van der Waals surface area contributed by atoms with E-state index in [-0.39, 0.29) is 22.0 Å². The molecule has 1 saturated heterocycles. The lowest BCUT2D eigenvalue weighted by atomic mass is 10.1. The van der Waals surface area contributed by atoms with E-state index in [1.54, 1.807) is 0 Å². The first-order chi connectivity index (χ1) is 14.1. The number of halogens is 3. The molecule has 3 amide bonds. The number of nitrogens with one attached hydrogen (secondary N) is 1. The Kier molecular flexibility index (Phi) is 5.74. The lowest BCUT2D eigenvalue weighted by molar-refractivity contribution is -0.138. The van der Waals surface area contributed by atoms with E-state index >= 15 is 0 Å². The second-order valence-corrected chi connectivity index (χ2v) is 6.95. The lowest BCUT2D eigenvalue weighted by Crippen LogP contribution is -2.17. The Labute approximate surface area is 172 Å². The van der Waals surface area contributed by atoms with Crippen molar-refractivity contribution in [2.75, 3.05) is 7.11 Å². The first kappa shape index (κ1) is 21.2. The molecule has 0 atom stereocenters. The average Bonchev–Trinajstić information content (AvgIpc) is 2.99. The van der Waals surface area contributed by atoms with Crippen LogP contribution in [0.25, 0.3) is 6.08 Å². The first-order valence-electron chi connectivity index (χ1n) is 8.20. The number of alkyl halides is 3. The molecule has 0 aromatic heterocycles. The van der Waals surface area contributed by atoms with Crippen molar-refractivity contribution >= 4 is 34.9 Å². The van der Waals surface area contributed by atoms with Crippen LogP contribution in [0.2, 0.25) is 0 Å². The van der Waals surface area contributed by atoms with Gasteiger partial charge in [-0.15, -0.1) is 0 Å². The van der Waals surface area contributed by atoms with Crippen molar-refractivity contribution < 1.29 is 37.0 Å². The van der Waals surface area contributed by atoms with E-state index in [0.717, 1.165) is 23.9 Å². The number of primary amides is 1. The van der Waals surface area contributed by atoms with Crippen LogP contribution >= 0.6 is 11.8 Å². The SMILES string of the molecule is COc1cc(/C=C2\SC(=O)NC2=O)ccc1Oc1ccc(C(N)=O)cc1C(F)(F)F. The van der Waals surface area contributed by atoms with Gasteiger partial charge in [0, 0.05) is 5.56 Å². The van der Waals surface area contributed by atoms with E-state index in [1.807, 2.05) is 0 Å². The molecule has 1 aliphatic heterocycles. The minimum atomic E-state index is -4.79. The quantitative estimate of drug-likeness (QED) is 0.685. The Morgan fingerprint density at radius 2 is 1.80 bits per heavy atom. The number of hydrogen-bond acceptors (Lipinski definition) is 6. The molecular weight excluding hydrogens is 425 g/mol. The summed E-state index contributed by atoms with van der Waals surface area (Å²) < 4.78 is 50.8. The maximum absolute atomic E-state index is 13.4. The fourth-order valence-electron chi connectivity index (χ4n) is 2.54. The van der Waals surface area contributed by atoms with Crippen LogP contribution in [-0.2, 0) is 11.0 Å². The highest BCUT2D eigenvalue weighted by Gasteiger charge is 2.35. The number of ether oxygens (including phenoxy) is 2. The molecule has 156 valence electrons. The molecule has 0 radical (unpaired) electrons. The summed E-state index contributed by atoms with van der Waals surface area (Å²) in [5, 5.41) is 1.61. The number of amides is 3. The van der Waals surface area contributed by atoms with E-state index < -0.39 is 34.5 Å². The van der Waals surface area contributed by atoms with Gasteiger partial charge in [-0.25, -0.2) is 0 Å². The Bertz CT molecular complexity index is 1080. The zero-order chi connectivity index (χ0) is 22.1. The minimum Gasteiger partial charge on any atom is -0.493 e. The van der Waals surface area contributed by atoms with Gasteiger partial charge in [0.1, 0.15) is 5.75 Å². The van der Waals surface area contributed by atoms with Gasteiger partial charge in [-0.05, 0) is 53.7 Å². The van der Waals surface area contributed by atoms with Crippen molar-refractivity contribution in [1.29, 1.82) is 0 Å². The van der Waals surface area contributed by atoms with Crippen molar-refractivity contribution in [3.05, 3.63) is 58.0 Å². The normalized spacial score (nSPS) is 15.3. The molecule has 1 heterocycles. The minimum absolute atomic E-state index is 0.0309. The molecule has 0 saturated carbocycles. The Morgan fingerprint density at radius 3 is 2.37 bits per heavy atom. The lowest BCUT2D eigenvalue weighted by Gasteiger charge is -2.16. The summed E-state index contributed by atoms with van der Waals surface area (Å²) in [5.74, 6) is -2.04. The number of hydrogen-bond donors (Lipinski definition) is 2. The van der Waals surface area contributed by atoms with Crippen molar-refractivity contribution in [2.24, 2.45) is 5.73 Å². The topological polar surface area (TPSA) is 108 Å². The molecule has 3 N–H and O–H groups in total. The van der Waals surface area contributed by atoms with E-state index in [4.69, 9.17) is 15.2 Å². The zero-order valence-electron chi connectivity index (χ0n) is 15.2. The van der Waals surface area contributed by atoms with Crippen LogP contribution in [0.15, 0.2) is 41.3 Å².